The van der Waals surface area contributed by atoms with Gasteiger partial charge in [-0.1, -0.05) is 10.7 Å². The molecule has 0 aromatic carbocycles. The van der Waals surface area contributed by atoms with E-state index in [1.165, 1.54) is 6.08 Å². The molecule has 0 heterocycles. The Hall–Kier alpha value is -1.12. The molecule has 0 fully saturated rings. The molecule has 1 N–H and O–H groups in total. The first-order chi connectivity index (χ1) is 4.16. The number of oxime groups is 1. The van der Waals surface area contributed by atoms with E-state index in [9.17, 15) is 4.79 Å². The van der Waals surface area contributed by atoms with Gasteiger partial charge >= 0.3 is 0 Å². The van der Waals surface area contributed by atoms with Crippen LogP contribution in [0.3, 0.4) is 0 Å². The highest BCUT2D eigenvalue weighted by molar-refractivity contribution is 6.32. The Morgan fingerprint density at radius 2 is 2.11 bits per heavy atom. The Morgan fingerprint density at radius 1 is 1.56 bits per heavy atom. The van der Waals surface area contributed by atoms with Crippen LogP contribution in [0, 0.1) is 0 Å². The van der Waals surface area contributed by atoms with Gasteiger partial charge in [-0.3, -0.25) is 4.79 Å². The van der Waals surface area contributed by atoms with Crippen molar-refractivity contribution in [3.05, 3.63) is 11.6 Å². The molecule has 0 aliphatic carbocycles. The molecule has 0 amide bonds. The molecule has 0 aliphatic rings. The molecular formula is C6H9NO2. The standard InChI is InChI=1S/C6H9NO2/c1-5(2)3-6(8)4-7-9/h3-4,9H,1-2H3. The number of hydrogen-bond donors (Lipinski definition) is 1. The van der Waals surface area contributed by atoms with E-state index in [2.05, 4.69) is 5.16 Å². The Balaban J connectivity index is 3.93. The molecule has 3 nitrogen and oxygen atoms in total. The van der Waals surface area contributed by atoms with Gasteiger partial charge in [-0.15, -0.1) is 0 Å². The molecule has 0 aromatic heterocycles. The third-order valence-electron chi connectivity index (χ3n) is 0.616. The molecule has 0 saturated heterocycles. The third-order valence-corrected chi connectivity index (χ3v) is 0.616. The van der Waals surface area contributed by atoms with Gasteiger partial charge in [-0.25, -0.2) is 0 Å². The van der Waals surface area contributed by atoms with Gasteiger partial charge in [-0.2, -0.15) is 0 Å². The van der Waals surface area contributed by atoms with E-state index < -0.39 is 0 Å². The Morgan fingerprint density at radius 3 is 2.44 bits per heavy atom. The lowest BCUT2D eigenvalue weighted by molar-refractivity contribution is -0.108. The van der Waals surface area contributed by atoms with Crippen LogP contribution in [0.25, 0.3) is 0 Å². The molecule has 0 atom stereocenters. The summed E-state index contributed by atoms with van der Waals surface area (Å²) in [5, 5.41) is 10.4. The topological polar surface area (TPSA) is 49.7 Å². The number of ketones is 1. The van der Waals surface area contributed by atoms with Crippen LogP contribution in [-0.4, -0.2) is 17.2 Å². The molecule has 0 radical (unpaired) electrons. The SMILES string of the molecule is CC(C)=CC(=O)C=NO. The highest BCUT2D eigenvalue weighted by atomic mass is 16.4. The third kappa shape index (κ3) is 4.74. The van der Waals surface area contributed by atoms with Gasteiger partial charge in [0.25, 0.3) is 0 Å². The summed E-state index contributed by atoms with van der Waals surface area (Å²) in [6.45, 7) is 3.59. The summed E-state index contributed by atoms with van der Waals surface area (Å²) in [7, 11) is 0. The predicted molar refractivity (Wildman–Crippen MR) is 34.7 cm³/mol. The van der Waals surface area contributed by atoms with Gasteiger partial charge in [0, 0.05) is 0 Å². The van der Waals surface area contributed by atoms with E-state index in [-0.39, 0.29) is 5.78 Å². The minimum absolute atomic E-state index is 0.294. The fraction of sp³-hybridized carbons (Fsp3) is 0.333. The molecule has 0 rings (SSSR count). The summed E-state index contributed by atoms with van der Waals surface area (Å²) in [4.78, 5) is 10.5. The van der Waals surface area contributed by atoms with Gasteiger partial charge in [0.15, 0.2) is 5.78 Å². The van der Waals surface area contributed by atoms with Crippen LogP contribution in [0.2, 0.25) is 0 Å². The van der Waals surface area contributed by atoms with Crippen LogP contribution >= 0.6 is 0 Å². The summed E-state index contributed by atoms with van der Waals surface area (Å²) in [6, 6.07) is 0. The molecule has 3 heteroatoms. The zero-order chi connectivity index (χ0) is 7.28. The van der Waals surface area contributed by atoms with Gasteiger partial charge in [0.1, 0.15) is 6.21 Å². The largest absolute Gasteiger partial charge is 0.411 e. The molecule has 0 unspecified atom stereocenters. The predicted octanol–water partition coefficient (Wildman–Crippen LogP) is 0.982. The lowest BCUT2D eigenvalue weighted by Crippen LogP contribution is -1.93. The fourth-order valence-electron chi connectivity index (χ4n) is 0.379. The van der Waals surface area contributed by atoms with E-state index in [0.717, 1.165) is 11.8 Å². The van der Waals surface area contributed by atoms with Crippen molar-refractivity contribution in [1.29, 1.82) is 0 Å². The van der Waals surface area contributed by atoms with Crippen molar-refractivity contribution in [2.45, 2.75) is 13.8 Å². The minimum atomic E-state index is -0.294. The highest BCUT2D eigenvalue weighted by Gasteiger charge is 1.88. The first kappa shape index (κ1) is 7.88. The summed E-state index contributed by atoms with van der Waals surface area (Å²) >= 11 is 0. The van der Waals surface area contributed by atoms with Crippen LogP contribution in [0.15, 0.2) is 16.8 Å². The van der Waals surface area contributed by atoms with Crippen LogP contribution in [0.1, 0.15) is 13.8 Å². The maximum absolute atomic E-state index is 10.5. The molecule has 9 heavy (non-hydrogen) atoms. The average molecular weight is 127 g/mol. The number of carbonyl (C=O) groups is 1. The Labute approximate surface area is 53.7 Å². The number of hydrogen-bond acceptors (Lipinski definition) is 3. The number of rotatable bonds is 2. The minimum Gasteiger partial charge on any atom is -0.411 e. The van der Waals surface area contributed by atoms with E-state index in [0.29, 0.717) is 0 Å². The number of allylic oxidation sites excluding steroid dienone is 2. The zero-order valence-electron chi connectivity index (χ0n) is 5.46. The average Bonchev–Trinajstić information content (AvgIpc) is 1.63. The van der Waals surface area contributed by atoms with Gasteiger partial charge < -0.3 is 5.21 Å². The second kappa shape index (κ2) is 3.83. The van der Waals surface area contributed by atoms with E-state index >= 15 is 0 Å². The number of carbonyl (C=O) groups excluding carboxylic acids is 1. The molecule has 50 valence electrons. The lowest BCUT2D eigenvalue weighted by atomic mass is 10.3. The van der Waals surface area contributed by atoms with Gasteiger partial charge in [0.05, 0.1) is 0 Å². The molecule has 0 aliphatic heterocycles. The fourth-order valence-corrected chi connectivity index (χ4v) is 0.379. The van der Waals surface area contributed by atoms with Crippen molar-refractivity contribution in [3.8, 4) is 0 Å². The normalized spacial score (nSPS) is 9.56. The van der Waals surface area contributed by atoms with Crippen LogP contribution in [-0.2, 0) is 4.79 Å². The first-order valence-electron chi connectivity index (χ1n) is 2.53. The van der Waals surface area contributed by atoms with E-state index in [1.807, 2.05) is 0 Å². The second-order valence-electron chi connectivity index (χ2n) is 1.87. The Kier molecular flexibility index (Phi) is 3.35. The van der Waals surface area contributed by atoms with Crippen molar-refractivity contribution in [2.75, 3.05) is 0 Å². The van der Waals surface area contributed by atoms with Crippen molar-refractivity contribution in [3.63, 3.8) is 0 Å². The van der Waals surface area contributed by atoms with Gasteiger partial charge in [-0.05, 0) is 19.9 Å². The summed E-state index contributed by atoms with van der Waals surface area (Å²) in [5.41, 5.74) is 0.889. The van der Waals surface area contributed by atoms with E-state index in [4.69, 9.17) is 5.21 Å². The smallest absolute Gasteiger partial charge is 0.200 e. The lowest BCUT2D eigenvalue weighted by Gasteiger charge is -1.82. The van der Waals surface area contributed by atoms with Crippen molar-refractivity contribution >= 4 is 12.0 Å². The van der Waals surface area contributed by atoms with Crippen molar-refractivity contribution < 1.29 is 10.0 Å². The summed E-state index contributed by atoms with van der Waals surface area (Å²) in [6.07, 6.45) is 2.24. The monoisotopic (exact) mass is 127 g/mol. The molecular weight excluding hydrogens is 118 g/mol. The molecule has 0 aromatic rings. The van der Waals surface area contributed by atoms with Crippen LogP contribution in [0.4, 0.5) is 0 Å². The summed E-state index contributed by atoms with van der Waals surface area (Å²) < 4.78 is 0. The first-order valence-corrected chi connectivity index (χ1v) is 2.53. The zero-order valence-corrected chi connectivity index (χ0v) is 5.46. The van der Waals surface area contributed by atoms with Crippen molar-refractivity contribution in [1.82, 2.24) is 0 Å². The second-order valence-corrected chi connectivity index (χ2v) is 1.87. The van der Waals surface area contributed by atoms with Crippen LogP contribution in [0.5, 0.6) is 0 Å². The van der Waals surface area contributed by atoms with Gasteiger partial charge in [0.2, 0.25) is 0 Å². The van der Waals surface area contributed by atoms with Crippen molar-refractivity contribution in [2.24, 2.45) is 5.16 Å². The summed E-state index contributed by atoms with van der Waals surface area (Å²) in [5.74, 6) is -0.294. The molecule has 0 saturated carbocycles. The molecule has 0 bridgehead atoms. The quantitative estimate of drug-likeness (QED) is 0.260. The number of nitrogens with zero attached hydrogens (tertiary/aromatic N) is 1. The molecule has 0 spiro atoms. The van der Waals surface area contributed by atoms with E-state index in [1.54, 1.807) is 13.8 Å². The maximum Gasteiger partial charge on any atom is 0.200 e. The highest BCUT2D eigenvalue weighted by Crippen LogP contribution is 1.86. The Bertz CT molecular complexity index is 154. The maximum atomic E-state index is 10.5. The van der Waals surface area contributed by atoms with Crippen LogP contribution < -0.4 is 0 Å².